The predicted octanol–water partition coefficient (Wildman–Crippen LogP) is -0.317. The molecule has 3 heterocycles. The summed E-state index contributed by atoms with van der Waals surface area (Å²) in [6, 6.07) is 6.89. The van der Waals surface area contributed by atoms with E-state index in [1.54, 1.807) is 12.1 Å². The van der Waals surface area contributed by atoms with E-state index in [1.165, 1.54) is 0 Å². The fraction of sp³-hybridized carbons (Fsp3) is 0.583. The van der Waals surface area contributed by atoms with Gasteiger partial charge < -0.3 is 20.9 Å². The number of carbonyl (C=O) groups is 4. The van der Waals surface area contributed by atoms with E-state index < -0.39 is 11.9 Å². The Bertz CT molecular complexity index is 905. The molecule has 0 bridgehead atoms. The monoisotopic (exact) mass is 470 g/mol. The van der Waals surface area contributed by atoms with E-state index >= 15 is 0 Å². The highest BCUT2D eigenvalue weighted by Gasteiger charge is 2.28. The summed E-state index contributed by atoms with van der Waals surface area (Å²) in [6.45, 7) is 5.80. The van der Waals surface area contributed by atoms with Gasteiger partial charge in [0.05, 0.1) is 0 Å². The quantitative estimate of drug-likeness (QED) is 0.486. The molecule has 34 heavy (non-hydrogen) atoms. The second kappa shape index (κ2) is 11.0. The van der Waals surface area contributed by atoms with Crippen LogP contribution in [0.2, 0.25) is 0 Å². The molecule has 0 aliphatic carbocycles. The number of rotatable bonds is 6. The number of hydrogen-bond acceptors (Lipinski definition) is 7. The first-order valence-electron chi connectivity index (χ1n) is 12.1. The number of hydrogen-bond donors (Lipinski definition) is 3. The molecule has 3 fully saturated rings. The minimum Gasteiger partial charge on any atom is -0.369 e. The molecule has 10 heteroatoms. The minimum atomic E-state index is -0.683. The van der Waals surface area contributed by atoms with Gasteiger partial charge >= 0.3 is 0 Å². The number of likely N-dealkylation sites (tertiary alicyclic amines) is 1. The Morgan fingerprint density at radius 2 is 1.65 bits per heavy atom. The van der Waals surface area contributed by atoms with Crippen LogP contribution in [-0.4, -0.2) is 91.3 Å². The first kappa shape index (κ1) is 24.2. The zero-order valence-electron chi connectivity index (χ0n) is 19.5. The number of piperidine rings is 2. The first-order valence-corrected chi connectivity index (χ1v) is 12.1. The maximum atomic E-state index is 12.5. The third-order valence-electron chi connectivity index (χ3n) is 6.95. The normalized spacial score (nSPS) is 22.4. The summed E-state index contributed by atoms with van der Waals surface area (Å²) in [4.78, 5) is 54.6. The molecule has 1 unspecified atom stereocenters. The topological polar surface area (TPSA) is 128 Å². The number of amides is 4. The van der Waals surface area contributed by atoms with Crippen LogP contribution in [0.15, 0.2) is 24.3 Å². The molecular weight excluding hydrogens is 436 g/mol. The number of carbonyl (C=O) groups excluding carboxylic acids is 4. The van der Waals surface area contributed by atoms with Crippen molar-refractivity contribution in [3.63, 3.8) is 0 Å². The lowest BCUT2D eigenvalue weighted by Gasteiger charge is -2.36. The van der Waals surface area contributed by atoms with E-state index in [-0.39, 0.29) is 30.2 Å². The third-order valence-corrected chi connectivity index (χ3v) is 6.95. The Balaban J connectivity index is 1.20. The van der Waals surface area contributed by atoms with Crippen LogP contribution in [0.25, 0.3) is 0 Å². The van der Waals surface area contributed by atoms with Crippen LogP contribution in [0, 0.1) is 0 Å². The number of anilines is 1. The van der Waals surface area contributed by atoms with Crippen LogP contribution >= 0.6 is 0 Å². The van der Waals surface area contributed by atoms with Crippen molar-refractivity contribution in [1.82, 2.24) is 20.4 Å². The number of nitrogens with one attached hydrogen (secondary N) is 2. The lowest BCUT2D eigenvalue weighted by atomic mass is 10.1. The zero-order valence-corrected chi connectivity index (χ0v) is 19.5. The smallest absolute Gasteiger partial charge is 0.251 e. The van der Waals surface area contributed by atoms with Gasteiger partial charge in [-0.1, -0.05) is 0 Å². The number of piperazine rings is 1. The van der Waals surface area contributed by atoms with E-state index in [9.17, 15) is 19.2 Å². The van der Waals surface area contributed by atoms with Crippen molar-refractivity contribution < 1.29 is 19.2 Å². The van der Waals surface area contributed by atoms with Gasteiger partial charge in [0.25, 0.3) is 5.91 Å². The highest BCUT2D eigenvalue weighted by molar-refractivity contribution is 6.03. The molecule has 3 aliphatic heterocycles. The molecule has 1 atom stereocenters. The van der Waals surface area contributed by atoms with Gasteiger partial charge in [-0.2, -0.15) is 0 Å². The number of nitrogens with zero attached hydrogens (tertiary/aromatic N) is 3. The van der Waals surface area contributed by atoms with Crippen molar-refractivity contribution in [2.45, 2.75) is 44.2 Å². The van der Waals surface area contributed by atoms with Gasteiger partial charge in [-0.15, -0.1) is 0 Å². The molecule has 0 saturated carbocycles. The van der Waals surface area contributed by atoms with Gasteiger partial charge in [0.1, 0.15) is 6.04 Å². The number of nitrogens with two attached hydrogens (primary N) is 1. The fourth-order valence-corrected chi connectivity index (χ4v) is 4.69. The third kappa shape index (κ3) is 6.12. The molecule has 10 nitrogen and oxygen atoms in total. The van der Waals surface area contributed by atoms with Gasteiger partial charge in [0.15, 0.2) is 0 Å². The molecular formula is C24H34N6O4. The second-order valence-corrected chi connectivity index (χ2v) is 9.32. The molecule has 1 aromatic rings. The van der Waals surface area contributed by atoms with Gasteiger partial charge in [-0.3, -0.25) is 29.4 Å². The van der Waals surface area contributed by atoms with Crippen molar-refractivity contribution in [1.29, 1.82) is 0 Å². The van der Waals surface area contributed by atoms with Gasteiger partial charge in [0.2, 0.25) is 17.7 Å². The van der Waals surface area contributed by atoms with Crippen LogP contribution in [-0.2, 0) is 14.4 Å². The highest BCUT2D eigenvalue weighted by atomic mass is 16.2. The molecule has 184 valence electrons. The van der Waals surface area contributed by atoms with Crippen molar-refractivity contribution in [3.8, 4) is 0 Å². The molecule has 0 radical (unpaired) electrons. The average Bonchev–Trinajstić information content (AvgIpc) is 2.85. The zero-order chi connectivity index (χ0) is 24.1. The molecule has 1 aromatic carbocycles. The second-order valence-electron chi connectivity index (χ2n) is 9.32. The predicted molar refractivity (Wildman–Crippen MR) is 127 cm³/mol. The SMILES string of the molecule is NC1CCN(C(=O)CCN2CCN(c3ccc(C(=O)NC4CCC(=O)NC4=O)cc3)CC2)CC1. The maximum Gasteiger partial charge on any atom is 0.251 e. The van der Waals surface area contributed by atoms with Crippen LogP contribution in [0.1, 0.15) is 42.5 Å². The minimum absolute atomic E-state index is 0.223. The Morgan fingerprint density at radius 1 is 0.971 bits per heavy atom. The van der Waals surface area contributed by atoms with E-state index in [1.807, 2.05) is 17.0 Å². The summed E-state index contributed by atoms with van der Waals surface area (Å²) in [5, 5.41) is 4.94. The molecule has 0 aromatic heterocycles. The van der Waals surface area contributed by atoms with E-state index in [4.69, 9.17) is 5.73 Å². The van der Waals surface area contributed by atoms with Crippen LogP contribution in [0.5, 0.6) is 0 Å². The lowest BCUT2D eigenvalue weighted by Crippen LogP contribution is -2.52. The van der Waals surface area contributed by atoms with Crippen molar-refractivity contribution in [3.05, 3.63) is 29.8 Å². The van der Waals surface area contributed by atoms with Gasteiger partial charge in [0, 0.05) is 75.9 Å². The molecule has 4 amide bonds. The summed E-state index contributed by atoms with van der Waals surface area (Å²) >= 11 is 0. The van der Waals surface area contributed by atoms with E-state index in [0.29, 0.717) is 18.4 Å². The molecule has 3 saturated heterocycles. The highest BCUT2D eigenvalue weighted by Crippen LogP contribution is 2.18. The van der Waals surface area contributed by atoms with Crippen LogP contribution in [0.3, 0.4) is 0 Å². The Hall–Kier alpha value is -2.98. The summed E-state index contributed by atoms with van der Waals surface area (Å²) < 4.78 is 0. The summed E-state index contributed by atoms with van der Waals surface area (Å²) in [5.74, 6) is -0.869. The lowest BCUT2D eigenvalue weighted by molar-refractivity contribution is -0.135. The van der Waals surface area contributed by atoms with Crippen LogP contribution in [0.4, 0.5) is 5.69 Å². The molecule has 4 rings (SSSR count). The summed E-state index contributed by atoms with van der Waals surface area (Å²) in [7, 11) is 0. The van der Waals surface area contributed by atoms with Crippen molar-refractivity contribution in [2.75, 3.05) is 50.7 Å². The molecule has 4 N–H and O–H groups in total. The largest absolute Gasteiger partial charge is 0.369 e. The van der Waals surface area contributed by atoms with Crippen LogP contribution < -0.4 is 21.3 Å². The van der Waals surface area contributed by atoms with E-state index in [0.717, 1.165) is 64.3 Å². The number of imide groups is 1. The first-order chi connectivity index (χ1) is 16.4. The van der Waals surface area contributed by atoms with E-state index in [2.05, 4.69) is 20.4 Å². The summed E-state index contributed by atoms with van der Waals surface area (Å²) in [6.07, 6.45) is 2.87. The molecule has 3 aliphatic rings. The Morgan fingerprint density at radius 3 is 2.29 bits per heavy atom. The fourth-order valence-electron chi connectivity index (χ4n) is 4.69. The number of benzene rings is 1. The summed E-state index contributed by atoms with van der Waals surface area (Å²) in [5.41, 5.74) is 7.44. The Kier molecular flexibility index (Phi) is 7.79. The maximum absolute atomic E-state index is 12.5. The molecule has 0 spiro atoms. The van der Waals surface area contributed by atoms with Gasteiger partial charge in [-0.25, -0.2) is 0 Å². The Labute approximate surface area is 199 Å². The van der Waals surface area contributed by atoms with Crippen molar-refractivity contribution >= 4 is 29.3 Å². The standard InChI is InChI=1S/C24H34N6O4/c25-18-7-11-30(12-8-18)22(32)9-10-28-13-15-29(16-14-28)19-3-1-17(2-4-19)23(33)26-20-5-6-21(31)27-24(20)34/h1-4,18,20H,5-16,25H2,(H,26,33)(H,27,31,34). The average molecular weight is 471 g/mol. The van der Waals surface area contributed by atoms with Gasteiger partial charge in [-0.05, 0) is 43.5 Å². The van der Waals surface area contributed by atoms with Crippen molar-refractivity contribution in [2.24, 2.45) is 5.73 Å².